The number of benzene rings is 2. The second kappa shape index (κ2) is 9.82. The Morgan fingerprint density at radius 1 is 1.14 bits per heavy atom. The zero-order chi connectivity index (χ0) is 25.2. The number of methoxy groups -OCH3 is 1. The molecule has 1 aliphatic rings. The number of aryl methyl sites for hydroxylation is 1. The van der Waals surface area contributed by atoms with E-state index < -0.39 is 23.7 Å². The van der Waals surface area contributed by atoms with Crippen molar-refractivity contribution in [1.29, 1.82) is 0 Å². The van der Waals surface area contributed by atoms with Gasteiger partial charge in [0, 0.05) is 12.1 Å². The second-order valence-electron chi connectivity index (χ2n) is 9.43. The van der Waals surface area contributed by atoms with Crippen molar-refractivity contribution in [3.05, 3.63) is 71.0 Å². The van der Waals surface area contributed by atoms with Gasteiger partial charge in [-0.2, -0.15) is 0 Å². The molecule has 8 heteroatoms. The normalized spacial score (nSPS) is 15.3. The highest BCUT2D eigenvalue weighted by atomic mass is 16.6. The first-order valence-corrected chi connectivity index (χ1v) is 11.5. The Morgan fingerprint density at radius 2 is 1.89 bits per heavy atom. The van der Waals surface area contributed by atoms with Gasteiger partial charge in [0.2, 0.25) is 0 Å². The topological polar surface area (TPSA) is 91.1 Å². The number of hydrogen-bond donors (Lipinski definition) is 0. The summed E-state index contributed by atoms with van der Waals surface area (Å²) in [6.07, 6.45) is 0.0103. The molecule has 0 fully saturated rings. The van der Waals surface area contributed by atoms with Gasteiger partial charge in [-0.25, -0.2) is 9.59 Å². The molecule has 2 heterocycles. The van der Waals surface area contributed by atoms with E-state index in [1.807, 2.05) is 43.3 Å². The largest absolute Gasteiger partial charge is 0.489 e. The molecule has 0 saturated heterocycles. The van der Waals surface area contributed by atoms with Gasteiger partial charge in [0.1, 0.15) is 29.4 Å². The summed E-state index contributed by atoms with van der Waals surface area (Å²) in [5.74, 6) is 0.830. The highest BCUT2D eigenvalue weighted by Crippen LogP contribution is 2.35. The fraction of sp³-hybridized carbons (Fsp3) is 0.370. The number of carbonyl (C=O) groups is 2. The lowest BCUT2D eigenvalue weighted by atomic mass is 9.92. The summed E-state index contributed by atoms with van der Waals surface area (Å²) >= 11 is 0. The number of esters is 1. The monoisotopic (exact) mass is 478 g/mol. The maximum Gasteiger partial charge on any atom is 0.411 e. The number of fused-ring (bicyclic) bond motifs is 1. The predicted molar refractivity (Wildman–Crippen MR) is 129 cm³/mol. The molecule has 4 rings (SSSR count). The number of rotatable bonds is 5. The molecule has 1 amide bonds. The Hall–Kier alpha value is -3.81. The zero-order valence-electron chi connectivity index (χ0n) is 20.7. The fourth-order valence-corrected chi connectivity index (χ4v) is 4.12. The summed E-state index contributed by atoms with van der Waals surface area (Å²) in [6.45, 7) is 7.84. The number of nitrogens with zero attached hydrogens (tertiary/aromatic N) is 2. The molecule has 0 radical (unpaired) electrons. The smallest absolute Gasteiger partial charge is 0.411 e. The average molecular weight is 479 g/mol. The van der Waals surface area contributed by atoms with Crippen molar-refractivity contribution in [2.45, 2.75) is 52.4 Å². The first-order chi connectivity index (χ1) is 16.7. The van der Waals surface area contributed by atoms with Crippen molar-refractivity contribution in [3.63, 3.8) is 0 Å². The third-order valence-corrected chi connectivity index (χ3v) is 5.81. The Bertz CT molecular complexity index is 1210. The van der Waals surface area contributed by atoms with Gasteiger partial charge in [-0.1, -0.05) is 41.6 Å². The molecule has 0 spiro atoms. The Kier molecular flexibility index (Phi) is 6.82. The average Bonchev–Trinajstić information content (AvgIpc) is 3.20. The maximum absolute atomic E-state index is 12.8. The summed E-state index contributed by atoms with van der Waals surface area (Å²) in [5, 5.41) is 4.20. The van der Waals surface area contributed by atoms with Crippen LogP contribution in [0.4, 0.5) is 4.79 Å². The van der Waals surface area contributed by atoms with Gasteiger partial charge in [-0.15, -0.1) is 0 Å². The third kappa shape index (κ3) is 5.31. The van der Waals surface area contributed by atoms with E-state index in [0.717, 1.165) is 22.4 Å². The SMILES string of the molecule is COC(=O)[C@H]1c2ccc(OCc3c(-c4ccccc4)noc3C)cc2CCN1C(=O)OC(C)(C)C. The highest BCUT2D eigenvalue weighted by molar-refractivity contribution is 5.84. The molecule has 35 heavy (non-hydrogen) atoms. The molecule has 0 aliphatic carbocycles. The third-order valence-electron chi connectivity index (χ3n) is 5.81. The van der Waals surface area contributed by atoms with Crippen LogP contribution < -0.4 is 4.74 Å². The predicted octanol–water partition coefficient (Wildman–Crippen LogP) is 5.24. The Balaban J connectivity index is 1.56. The van der Waals surface area contributed by atoms with Crippen LogP contribution in [0.3, 0.4) is 0 Å². The van der Waals surface area contributed by atoms with Crippen LogP contribution in [0.15, 0.2) is 53.1 Å². The van der Waals surface area contributed by atoms with Crippen LogP contribution in [0, 0.1) is 6.92 Å². The molecule has 2 aromatic carbocycles. The number of aromatic nitrogens is 1. The van der Waals surface area contributed by atoms with Gasteiger partial charge in [0.25, 0.3) is 0 Å². The van der Waals surface area contributed by atoms with Crippen molar-refractivity contribution < 1.29 is 28.3 Å². The molecule has 8 nitrogen and oxygen atoms in total. The van der Waals surface area contributed by atoms with Crippen LogP contribution in [0.5, 0.6) is 5.75 Å². The van der Waals surface area contributed by atoms with E-state index in [1.165, 1.54) is 12.0 Å². The lowest BCUT2D eigenvalue weighted by Crippen LogP contribution is -2.46. The molecule has 1 aliphatic heterocycles. The molecular weight excluding hydrogens is 448 g/mol. The van der Waals surface area contributed by atoms with Crippen LogP contribution >= 0.6 is 0 Å². The molecular formula is C27H30N2O6. The van der Waals surface area contributed by atoms with Crippen LogP contribution in [0.1, 0.15) is 49.3 Å². The molecule has 0 N–H and O–H groups in total. The van der Waals surface area contributed by atoms with Gasteiger partial charge in [0.15, 0.2) is 6.04 Å². The molecule has 1 atom stereocenters. The molecule has 184 valence electrons. The zero-order valence-corrected chi connectivity index (χ0v) is 20.7. The van der Waals surface area contributed by atoms with Gasteiger partial charge >= 0.3 is 12.1 Å². The minimum atomic E-state index is -0.877. The van der Waals surface area contributed by atoms with Gasteiger partial charge < -0.3 is 18.7 Å². The van der Waals surface area contributed by atoms with E-state index in [1.54, 1.807) is 32.9 Å². The summed E-state index contributed by atoms with van der Waals surface area (Å²) < 4.78 is 22.1. The van der Waals surface area contributed by atoms with Crippen molar-refractivity contribution in [2.75, 3.05) is 13.7 Å². The van der Waals surface area contributed by atoms with E-state index in [4.69, 9.17) is 18.7 Å². The van der Waals surface area contributed by atoms with Gasteiger partial charge in [-0.05, 0) is 57.4 Å². The summed E-state index contributed by atoms with van der Waals surface area (Å²) in [6, 6.07) is 14.4. The fourth-order valence-electron chi connectivity index (χ4n) is 4.12. The summed E-state index contributed by atoms with van der Waals surface area (Å²) in [7, 11) is 1.31. The number of carbonyl (C=O) groups excluding carboxylic acids is 2. The van der Waals surface area contributed by atoms with Crippen molar-refractivity contribution in [1.82, 2.24) is 10.1 Å². The number of amides is 1. The summed E-state index contributed by atoms with van der Waals surface area (Å²) in [4.78, 5) is 26.9. The molecule has 0 saturated carbocycles. The number of hydrogen-bond acceptors (Lipinski definition) is 7. The van der Waals surface area contributed by atoms with E-state index in [0.29, 0.717) is 30.0 Å². The van der Waals surface area contributed by atoms with Gasteiger partial charge in [0.05, 0.1) is 12.7 Å². The quantitative estimate of drug-likeness (QED) is 0.463. The minimum absolute atomic E-state index is 0.281. The first kappa shape index (κ1) is 24.3. The minimum Gasteiger partial charge on any atom is -0.489 e. The standard InChI is InChI=1S/C27H30N2O6/c1-17-22(23(28-35-17)18-9-7-6-8-10-18)16-33-20-11-12-21-19(15-20)13-14-29(24(21)25(30)32-5)26(31)34-27(2,3)4/h6-12,15,24H,13-14,16H2,1-5H3/t24-/m1/s1. The highest BCUT2D eigenvalue weighted by Gasteiger charge is 2.39. The molecule has 1 aromatic heterocycles. The van der Waals surface area contributed by atoms with Crippen LogP contribution in [-0.2, 0) is 27.3 Å². The van der Waals surface area contributed by atoms with Crippen LogP contribution in [-0.4, -0.2) is 41.4 Å². The lowest BCUT2D eigenvalue weighted by Gasteiger charge is -2.36. The molecule has 0 unspecified atom stereocenters. The first-order valence-electron chi connectivity index (χ1n) is 11.5. The summed E-state index contributed by atoms with van der Waals surface area (Å²) in [5.41, 5.74) is 3.53. The molecule has 0 bridgehead atoms. The Morgan fingerprint density at radius 3 is 2.57 bits per heavy atom. The van der Waals surface area contributed by atoms with Crippen molar-refractivity contribution in [3.8, 4) is 17.0 Å². The number of ether oxygens (including phenoxy) is 3. The van der Waals surface area contributed by atoms with Crippen molar-refractivity contribution in [2.24, 2.45) is 0 Å². The van der Waals surface area contributed by atoms with Crippen LogP contribution in [0.25, 0.3) is 11.3 Å². The van der Waals surface area contributed by atoms with Crippen LogP contribution in [0.2, 0.25) is 0 Å². The van der Waals surface area contributed by atoms with E-state index in [9.17, 15) is 9.59 Å². The van der Waals surface area contributed by atoms with Crippen molar-refractivity contribution >= 4 is 12.1 Å². The molecule has 3 aromatic rings. The Labute approximate surface area is 204 Å². The van der Waals surface area contributed by atoms with E-state index in [-0.39, 0.29) is 6.61 Å². The van der Waals surface area contributed by atoms with E-state index >= 15 is 0 Å². The van der Waals surface area contributed by atoms with Gasteiger partial charge in [-0.3, -0.25) is 4.90 Å². The van der Waals surface area contributed by atoms with E-state index in [2.05, 4.69) is 5.16 Å². The maximum atomic E-state index is 12.8. The second-order valence-corrected chi connectivity index (χ2v) is 9.43. The lowest BCUT2D eigenvalue weighted by molar-refractivity contribution is -0.147.